The number of aromatic nitrogens is 2. The summed E-state index contributed by atoms with van der Waals surface area (Å²) in [7, 11) is -3.61. The molecule has 0 aliphatic carbocycles. The average molecular weight is 306 g/mol. The number of pyridine rings is 2. The summed E-state index contributed by atoms with van der Waals surface area (Å²) in [6, 6.07) is 6.76. The molecule has 6 nitrogen and oxygen atoms in total. The molecule has 0 aromatic carbocycles. The molecule has 0 bridgehead atoms. The van der Waals surface area contributed by atoms with Crippen LogP contribution < -0.4 is 5.73 Å². The highest BCUT2D eigenvalue weighted by molar-refractivity contribution is 7.89. The molecule has 21 heavy (non-hydrogen) atoms. The molecular formula is C14H18N4O2S. The minimum absolute atomic E-state index is 0.0376. The van der Waals surface area contributed by atoms with Crippen molar-refractivity contribution in [2.75, 3.05) is 6.54 Å². The summed E-state index contributed by atoms with van der Waals surface area (Å²) in [6.45, 7) is 2.79. The van der Waals surface area contributed by atoms with Gasteiger partial charge in [-0.1, -0.05) is 13.0 Å². The van der Waals surface area contributed by atoms with Gasteiger partial charge in [-0.05, 0) is 29.3 Å². The zero-order valence-corrected chi connectivity index (χ0v) is 12.6. The molecule has 0 atom stereocenters. The number of nitrogens with zero attached hydrogens (tertiary/aromatic N) is 3. The van der Waals surface area contributed by atoms with Crippen molar-refractivity contribution in [2.24, 2.45) is 5.73 Å². The monoisotopic (exact) mass is 306 g/mol. The van der Waals surface area contributed by atoms with E-state index in [-0.39, 0.29) is 5.03 Å². The van der Waals surface area contributed by atoms with Crippen molar-refractivity contribution in [1.29, 1.82) is 0 Å². The molecule has 2 aromatic rings. The van der Waals surface area contributed by atoms with Crippen LogP contribution in [0.4, 0.5) is 0 Å². The predicted octanol–water partition coefficient (Wildman–Crippen LogP) is 1.15. The quantitative estimate of drug-likeness (QED) is 0.864. The van der Waals surface area contributed by atoms with Crippen molar-refractivity contribution in [3.8, 4) is 0 Å². The highest BCUT2D eigenvalue weighted by atomic mass is 32.2. The fourth-order valence-corrected chi connectivity index (χ4v) is 3.22. The third-order valence-electron chi connectivity index (χ3n) is 3.10. The second-order valence-electron chi connectivity index (χ2n) is 4.50. The smallest absolute Gasteiger partial charge is 0.260 e. The first-order chi connectivity index (χ1) is 10.1. The molecule has 0 saturated heterocycles. The van der Waals surface area contributed by atoms with Crippen molar-refractivity contribution in [3.05, 3.63) is 54.0 Å². The maximum absolute atomic E-state index is 12.6. The number of rotatable bonds is 6. The molecule has 112 valence electrons. The van der Waals surface area contributed by atoms with Crippen molar-refractivity contribution >= 4 is 10.0 Å². The molecule has 0 radical (unpaired) electrons. The van der Waals surface area contributed by atoms with Gasteiger partial charge in [0.05, 0.1) is 0 Å². The van der Waals surface area contributed by atoms with Crippen LogP contribution in [0, 0.1) is 0 Å². The Morgan fingerprint density at radius 3 is 2.38 bits per heavy atom. The molecule has 0 amide bonds. The molecule has 7 heteroatoms. The standard InChI is InChI=1S/C14H18N4O2S/c1-2-18(11-12-5-7-16-8-6-12)21(19,20)14-4-3-13(9-15)10-17-14/h3-8,10H,2,9,11,15H2,1H3. The highest BCUT2D eigenvalue weighted by Gasteiger charge is 2.24. The van der Waals surface area contributed by atoms with Gasteiger partial charge in [-0.2, -0.15) is 4.31 Å². The van der Waals surface area contributed by atoms with Gasteiger partial charge >= 0.3 is 0 Å². The number of nitrogens with two attached hydrogens (primary N) is 1. The maximum atomic E-state index is 12.6. The van der Waals surface area contributed by atoms with Crippen molar-refractivity contribution in [2.45, 2.75) is 25.0 Å². The zero-order valence-electron chi connectivity index (χ0n) is 11.8. The van der Waals surface area contributed by atoms with Gasteiger partial charge < -0.3 is 5.73 Å². The SMILES string of the molecule is CCN(Cc1ccncc1)S(=O)(=O)c1ccc(CN)cn1. The van der Waals surface area contributed by atoms with Gasteiger partial charge in [0.15, 0.2) is 5.03 Å². The van der Waals surface area contributed by atoms with Crippen LogP contribution in [-0.2, 0) is 23.1 Å². The molecular weight excluding hydrogens is 288 g/mol. The first kappa shape index (κ1) is 15.6. The minimum atomic E-state index is -3.61. The van der Waals surface area contributed by atoms with E-state index in [1.165, 1.54) is 16.6 Å². The van der Waals surface area contributed by atoms with Gasteiger partial charge in [0, 0.05) is 38.2 Å². The molecule has 2 aromatic heterocycles. The second kappa shape index (κ2) is 6.75. The molecule has 0 spiro atoms. The largest absolute Gasteiger partial charge is 0.326 e. The topological polar surface area (TPSA) is 89.2 Å². The molecule has 0 saturated carbocycles. The Bertz CT molecular complexity index is 672. The van der Waals surface area contributed by atoms with Crippen LogP contribution in [0.15, 0.2) is 47.9 Å². The summed E-state index contributed by atoms with van der Waals surface area (Å²) >= 11 is 0. The van der Waals surface area contributed by atoms with Crippen LogP contribution in [0.5, 0.6) is 0 Å². The lowest BCUT2D eigenvalue weighted by atomic mass is 10.3. The summed E-state index contributed by atoms with van der Waals surface area (Å²) in [5.74, 6) is 0. The van der Waals surface area contributed by atoms with E-state index in [9.17, 15) is 8.42 Å². The van der Waals surface area contributed by atoms with Gasteiger partial charge in [0.1, 0.15) is 0 Å². The lowest BCUT2D eigenvalue weighted by Gasteiger charge is -2.20. The lowest BCUT2D eigenvalue weighted by Crippen LogP contribution is -2.31. The third-order valence-corrected chi connectivity index (χ3v) is 4.94. The Kier molecular flexibility index (Phi) is 5.00. The van der Waals surface area contributed by atoms with Crippen LogP contribution in [0.2, 0.25) is 0 Å². The van der Waals surface area contributed by atoms with Crippen molar-refractivity contribution < 1.29 is 8.42 Å². The Morgan fingerprint density at radius 1 is 1.14 bits per heavy atom. The number of sulfonamides is 1. The van der Waals surface area contributed by atoms with Crippen LogP contribution in [-0.4, -0.2) is 29.2 Å². The van der Waals surface area contributed by atoms with Crippen LogP contribution in [0.25, 0.3) is 0 Å². The van der Waals surface area contributed by atoms with Gasteiger partial charge in [0.25, 0.3) is 10.0 Å². The first-order valence-corrected chi connectivity index (χ1v) is 8.06. The van der Waals surface area contributed by atoms with Crippen LogP contribution >= 0.6 is 0 Å². The van der Waals surface area contributed by atoms with E-state index in [4.69, 9.17) is 5.73 Å². The van der Waals surface area contributed by atoms with E-state index in [1.807, 2.05) is 0 Å². The van der Waals surface area contributed by atoms with E-state index in [0.717, 1.165) is 11.1 Å². The summed E-state index contributed by atoms with van der Waals surface area (Å²) < 4.78 is 26.5. The van der Waals surface area contributed by atoms with Gasteiger partial charge in [-0.3, -0.25) is 4.98 Å². The van der Waals surface area contributed by atoms with Gasteiger partial charge in [-0.25, -0.2) is 13.4 Å². The number of hydrogen-bond acceptors (Lipinski definition) is 5. The van der Waals surface area contributed by atoms with Crippen molar-refractivity contribution in [3.63, 3.8) is 0 Å². The normalized spacial score (nSPS) is 11.8. The molecule has 0 fully saturated rings. The summed E-state index contributed by atoms with van der Waals surface area (Å²) in [5.41, 5.74) is 7.17. The summed E-state index contributed by atoms with van der Waals surface area (Å²) in [4.78, 5) is 7.94. The van der Waals surface area contributed by atoms with Gasteiger partial charge in [0.2, 0.25) is 0 Å². The van der Waals surface area contributed by atoms with Crippen molar-refractivity contribution in [1.82, 2.24) is 14.3 Å². The Hall–Kier alpha value is -1.83. The maximum Gasteiger partial charge on any atom is 0.260 e. The molecule has 2 rings (SSSR count). The summed E-state index contributed by atoms with van der Waals surface area (Å²) in [6.07, 6.45) is 4.78. The van der Waals surface area contributed by atoms with E-state index < -0.39 is 10.0 Å². The van der Waals surface area contributed by atoms with Crippen LogP contribution in [0.1, 0.15) is 18.1 Å². The second-order valence-corrected chi connectivity index (χ2v) is 6.38. The summed E-state index contributed by atoms with van der Waals surface area (Å²) in [5, 5.41) is 0.0376. The molecule has 2 N–H and O–H groups in total. The lowest BCUT2D eigenvalue weighted by molar-refractivity contribution is 0.421. The Morgan fingerprint density at radius 2 is 1.86 bits per heavy atom. The third kappa shape index (κ3) is 3.63. The van der Waals surface area contributed by atoms with E-state index in [1.54, 1.807) is 37.5 Å². The van der Waals surface area contributed by atoms with E-state index in [2.05, 4.69) is 9.97 Å². The Balaban J connectivity index is 2.26. The van der Waals surface area contributed by atoms with Crippen LogP contribution in [0.3, 0.4) is 0 Å². The predicted molar refractivity (Wildman–Crippen MR) is 79.6 cm³/mol. The fourth-order valence-electron chi connectivity index (χ4n) is 1.88. The minimum Gasteiger partial charge on any atom is -0.326 e. The molecule has 0 unspecified atom stereocenters. The van der Waals surface area contributed by atoms with E-state index in [0.29, 0.717) is 19.6 Å². The average Bonchev–Trinajstić information content (AvgIpc) is 2.53. The van der Waals surface area contributed by atoms with Gasteiger partial charge in [-0.15, -0.1) is 0 Å². The molecule has 0 aliphatic rings. The Labute approximate surface area is 124 Å². The van der Waals surface area contributed by atoms with E-state index >= 15 is 0 Å². The zero-order chi connectivity index (χ0) is 15.3. The fraction of sp³-hybridized carbons (Fsp3) is 0.286. The molecule has 2 heterocycles. The molecule has 0 aliphatic heterocycles. The first-order valence-electron chi connectivity index (χ1n) is 6.62. The number of hydrogen-bond donors (Lipinski definition) is 1. The highest BCUT2D eigenvalue weighted by Crippen LogP contribution is 2.16.